The second-order valence-electron chi connectivity index (χ2n) is 3.96. The molecule has 1 fully saturated rings. The molecule has 0 aromatic carbocycles. The summed E-state index contributed by atoms with van der Waals surface area (Å²) in [5.41, 5.74) is 4.66. The van der Waals surface area contributed by atoms with Gasteiger partial charge in [-0.1, -0.05) is 0 Å². The molecule has 0 saturated carbocycles. The van der Waals surface area contributed by atoms with Crippen LogP contribution in [0.2, 0.25) is 0 Å². The Bertz CT molecular complexity index is 156. The van der Waals surface area contributed by atoms with Gasteiger partial charge in [0.05, 0.1) is 0 Å². The third-order valence-electron chi connectivity index (χ3n) is 2.39. The maximum absolute atomic E-state index is 9.05. The Labute approximate surface area is 104 Å². The van der Waals surface area contributed by atoms with E-state index in [1.54, 1.807) is 0 Å². The zero-order valence-corrected chi connectivity index (χ0v) is 10.9. The van der Waals surface area contributed by atoms with Crippen LogP contribution < -0.4 is 21.7 Å². The highest BCUT2D eigenvalue weighted by Crippen LogP contribution is 1.79. The number of nitrogens with one attached hydrogen (secondary N) is 3. The summed E-state index contributed by atoms with van der Waals surface area (Å²) in [6, 6.07) is 0. The number of rotatable bonds is 1. The third kappa shape index (κ3) is 13.4. The van der Waals surface area contributed by atoms with Gasteiger partial charge in [-0.2, -0.15) is 0 Å². The average molecular weight is 245 g/mol. The SMILES string of the molecule is CN1CCNCCNCCNCC1.NCC=O. The second-order valence-corrected chi connectivity index (χ2v) is 3.96. The first-order valence-electron chi connectivity index (χ1n) is 6.25. The van der Waals surface area contributed by atoms with E-state index in [1.807, 2.05) is 0 Å². The van der Waals surface area contributed by atoms with Gasteiger partial charge in [-0.15, -0.1) is 0 Å². The van der Waals surface area contributed by atoms with E-state index in [9.17, 15) is 0 Å². The molecule has 0 spiro atoms. The van der Waals surface area contributed by atoms with Crippen LogP contribution >= 0.6 is 0 Å². The van der Waals surface area contributed by atoms with Gasteiger partial charge < -0.3 is 31.4 Å². The van der Waals surface area contributed by atoms with Gasteiger partial charge in [-0.05, 0) is 7.05 Å². The van der Waals surface area contributed by atoms with E-state index in [0.29, 0.717) is 6.29 Å². The lowest BCUT2D eigenvalue weighted by Gasteiger charge is -2.18. The monoisotopic (exact) mass is 245 g/mol. The Kier molecular flexibility index (Phi) is 13.1. The lowest BCUT2D eigenvalue weighted by atomic mass is 10.4. The molecule has 1 aliphatic rings. The van der Waals surface area contributed by atoms with Gasteiger partial charge in [-0.25, -0.2) is 0 Å². The molecule has 0 unspecified atom stereocenters. The molecule has 102 valence electrons. The average Bonchev–Trinajstić information content (AvgIpc) is 2.34. The second kappa shape index (κ2) is 13.5. The predicted molar refractivity (Wildman–Crippen MR) is 71.2 cm³/mol. The van der Waals surface area contributed by atoms with Crippen molar-refractivity contribution >= 4 is 6.29 Å². The highest BCUT2D eigenvalue weighted by atomic mass is 16.1. The number of hydrogen-bond acceptors (Lipinski definition) is 6. The number of aldehydes is 1. The van der Waals surface area contributed by atoms with Crippen molar-refractivity contribution in [3.63, 3.8) is 0 Å². The predicted octanol–water partition coefficient (Wildman–Crippen LogP) is -2.16. The largest absolute Gasteiger partial charge is 0.324 e. The summed E-state index contributed by atoms with van der Waals surface area (Å²) in [5, 5.41) is 10.2. The van der Waals surface area contributed by atoms with Crippen molar-refractivity contribution in [2.24, 2.45) is 5.73 Å². The topological polar surface area (TPSA) is 82.4 Å². The number of hydrogen-bond donors (Lipinski definition) is 4. The summed E-state index contributed by atoms with van der Waals surface area (Å²) < 4.78 is 0. The molecular formula is C11H27N5O. The minimum Gasteiger partial charge on any atom is -0.324 e. The van der Waals surface area contributed by atoms with Crippen molar-refractivity contribution in [3.8, 4) is 0 Å². The molecule has 1 aliphatic heterocycles. The first-order valence-corrected chi connectivity index (χ1v) is 6.25. The summed E-state index contributed by atoms with van der Waals surface area (Å²) in [6.45, 7) is 8.91. The zero-order chi connectivity index (χ0) is 12.8. The normalized spacial score (nSPS) is 20.4. The van der Waals surface area contributed by atoms with E-state index in [0.717, 1.165) is 52.4 Å². The van der Waals surface area contributed by atoms with Crippen LogP contribution in [0.4, 0.5) is 0 Å². The van der Waals surface area contributed by atoms with Crippen LogP contribution in [0.3, 0.4) is 0 Å². The molecule has 0 radical (unpaired) electrons. The molecule has 0 atom stereocenters. The van der Waals surface area contributed by atoms with Crippen LogP contribution in [0.15, 0.2) is 0 Å². The van der Waals surface area contributed by atoms with E-state index >= 15 is 0 Å². The van der Waals surface area contributed by atoms with Crippen molar-refractivity contribution in [1.29, 1.82) is 0 Å². The highest BCUT2D eigenvalue weighted by molar-refractivity contribution is 5.51. The van der Waals surface area contributed by atoms with Gasteiger partial charge in [0, 0.05) is 58.9 Å². The molecule has 5 N–H and O–H groups in total. The van der Waals surface area contributed by atoms with Crippen molar-refractivity contribution in [3.05, 3.63) is 0 Å². The summed E-state index contributed by atoms with van der Waals surface area (Å²) in [6.07, 6.45) is 0.653. The minimum absolute atomic E-state index is 0.139. The number of carbonyl (C=O) groups is 1. The van der Waals surface area contributed by atoms with Crippen LogP contribution in [0, 0.1) is 0 Å². The zero-order valence-electron chi connectivity index (χ0n) is 10.9. The maximum Gasteiger partial charge on any atom is 0.133 e. The van der Waals surface area contributed by atoms with E-state index in [-0.39, 0.29) is 6.54 Å². The standard InChI is InChI=1S/C9H22N4.C2H5NO/c1-13-8-6-11-4-2-10-3-5-12-7-9-13;3-1-2-4/h10-12H,2-9H2,1H3;2H,1,3H2. The van der Waals surface area contributed by atoms with Gasteiger partial charge >= 0.3 is 0 Å². The number of carbonyl (C=O) groups excluding carboxylic acids is 1. The Morgan fingerprint density at radius 3 is 1.71 bits per heavy atom. The fraction of sp³-hybridized carbons (Fsp3) is 0.909. The van der Waals surface area contributed by atoms with Crippen molar-refractivity contribution < 1.29 is 4.79 Å². The fourth-order valence-corrected chi connectivity index (χ4v) is 1.38. The number of nitrogens with zero attached hydrogens (tertiary/aromatic N) is 1. The van der Waals surface area contributed by atoms with Crippen LogP contribution in [0.5, 0.6) is 0 Å². The molecular weight excluding hydrogens is 218 g/mol. The lowest BCUT2D eigenvalue weighted by Crippen LogP contribution is -2.40. The lowest BCUT2D eigenvalue weighted by molar-refractivity contribution is -0.106. The van der Waals surface area contributed by atoms with Crippen LogP contribution in [0.1, 0.15) is 0 Å². The van der Waals surface area contributed by atoms with Gasteiger partial charge in [0.25, 0.3) is 0 Å². The summed E-state index contributed by atoms with van der Waals surface area (Å²) in [7, 11) is 2.17. The van der Waals surface area contributed by atoms with Crippen molar-refractivity contribution in [1.82, 2.24) is 20.9 Å². The Morgan fingerprint density at radius 1 is 1.00 bits per heavy atom. The quantitative estimate of drug-likeness (QED) is 0.394. The Balaban J connectivity index is 0.000000557. The summed E-state index contributed by atoms with van der Waals surface area (Å²) in [4.78, 5) is 11.4. The molecule has 17 heavy (non-hydrogen) atoms. The molecule has 0 bridgehead atoms. The number of nitrogens with two attached hydrogens (primary N) is 1. The molecule has 1 rings (SSSR count). The van der Waals surface area contributed by atoms with E-state index in [4.69, 9.17) is 4.79 Å². The van der Waals surface area contributed by atoms with Crippen LogP contribution in [0.25, 0.3) is 0 Å². The smallest absolute Gasteiger partial charge is 0.133 e. The molecule has 0 aromatic rings. The van der Waals surface area contributed by atoms with Gasteiger partial charge in [0.15, 0.2) is 0 Å². The van der Waals surface area contributed by atoms with Gasteiger partial charge in [0.1, 0.15) is 6.29 Å². The van der Waals surface area contributed by atoms with Crippen LogP contribution in [-0.2, 0) is 4.79 Å². The molecule has 1 heterocycles. The molecule has 1 saturated heterocycles. The van der Waals surface area contributed by atoms with E-state index in [2.05, 4.69) is 33.6 Å². The highest BCUT2D eigenvalue weighted by Gasteiger charge is 1.98. The molecule has 0 aliphatic carbocycles. The molecule has 0 aromatic heterocycles. The molecule has 0 amide bonds. The van der Waals surface area contributed by atoms with Crippen molar-refractivity contribution in [2.45, 2.75) is 0 Å². The Morgan fingerprint density at radius 2 is 1.35 bits per heavy atom. The minimum atomic E-state index is 0.139. The van der Waals surface area contributed by atoms with Crippen LogP contribution in [-0.4, -0.2) is 77.1 Å². The first kappa shape index (κ1) is 16.5. The third-order valence-corrected chi connectivity index (χ3v) is 2.39. The first-order chi connectivity index (χ1) is 8.31. The van der Waals surface area contributed by atoms with E-state index in [1.165, 1.54) is 0 Å². The van der Waals surface area contributed by atoms with Gasteiger partial charge in [0.2, 0.25) is 0 Å². The molecule has 6 nitrogen and oxygen atoms in total. The number of likely N-dealkylation sites (N-methyl/N-ethyl adjacent to an activating group) is 1. The van der Waals surface area contributed by atoms with Crippen molar-refractivity contribution in [2.75, 3.05) is 66.0 Å². The summed E-state index contributed by atoms with van der Waals surface area (Å²) >= 11 is 0. The molecule has 6 heteroatoms. The Hall–Kier alpha value is -0.530. The van der Waals surface area contributed by atoms with E-state index < -0.39 is 0 Å². The maximum atomic E-state index is 9.05. The fourth-order valence-electron chi connectivity index (χ4n) is 1.38. The summed E-state index contributed by atoms with van der Waals surface area (Å²) in [5.74, 6) is 0. The van der Waals surface area contributed by atoms with Gasteiger partial charge in [-0.3, -0.25) is 0 Å².